The van der Waals surface area contributed by atoms with Gasteiger partial charge in [-0.05, 0) is 59.6 Å². The van der Waals surface area contributed by atoms with Gasteiger partial charge in [0.15, 0.2) is 0 Å². The number of piperidine rings is 1. The van der Waals surface area contributed by atoms with Crippen LogP contribution in [0.3, 0.4) is 0 Å². The van der Waals surface area contributed by atoms with Crippen LogP contribution in [0.15, 0.2) is 18.3 Å². The number of carbonyl (C=O) groups is 1. The molecular formula is C19H31N3O2. The zero-order valence-electron chi connectivity index (χ0n) is 15.6. The van der Waals surface area contributed by atoms with Crippen molar-refractivity contribution in [2.24, 2.45) is 0 Å². The minimum absolute atomic E-state index is 0.0251. The zero-order valence-corrected chi connectivity index (χ0v) is 15.6. The van der Waals surface area contributed by atoms with Crippen LogP contribution in [0.25, 0.3) is 0 Å². The Balaban J connectivity index is 2.37. The van der Waals surface area contributed by atoms with Crippen LogP contribution in [0.1, 0.15) is 71.9 Å². The lowest BCUT2D eigenvalue weighted by Gasteiger charge is -2.33. The van der Waals surface area contributed by atoms with E-state index in [9.17, 15) is 4.79 Å². The van der Waals surface area contributed by atoms with Gasteiger partial charge in [-0.15, -0.1) is 0 Å². The molecule has 5 nitrogen and oxygen atoms in total. The smallest absolute Gasteiger partial charge is 0.416 e. The summed E-state index contributed by atoms with van der Waals surface area (Å²) < 4.78 is 5.65. The van der Waals surface area contributed by atoms with E-state index in [2.05, 4.69) is 23.3 Å². The fourth-order valence-electron chi connectivity index (χ4n) is 2.97. The summed E-state index contributed by atoms with van der Waals surface area (Å²) in [5, 5.41) is 3.56. The minimum atomic E-state index is -0.527. The summed E-state index contributed by atoms with van der Waals surface area (Å²) in [6, 6.07) is 4.29. The molecule has 2 atom stereocenters. The fourth-order valence-corrected chi connectivity index (χ4v) is 2.97. The Morgan fingerprint density at radius 2 is 2.21 bits per heavy atom. The summed E-state index contributed by atoms with van der Waals surface area (Å²) in [6.45, 7) is 10.8. The molecule has 24 heavy (non-hydrogen) atoms. The van der Waals surface area contributed by atoms with Gasteiger partial charge in [-0.2, -0.15) is 0 Å². The van der Waals surface area contributed by atoms with E-state index in [1.54, 1.807) is 11.1 Å². The molecule has 0 unspecified atom stereocenters. The van der Waals surface area contributed by atoms with Gasteiger partial charge in [-0.1, -0.05) is 19.4 Å². The number of nitrogens with one attached hydrogen (secondary N) is 1. The van der Waals surface area contributed by atoms with E-state index < -0.39 is 5.60 Å². The molecule has 0 aromatic carbocycles. The van der Waals surface area contributed by atoms with Crippen LogP contribution < -0.4 is 10.2 Å². The third kappa shape index (κ3) is 4.69. The Morgan fingerprint density at radius 1 is 1.46 bits per heavy atom. The van der Waals surface area contributed by atoms with E-state index in [1.165, 1.54) is 12.8 Å². The van der Waals surface area contributed by atoms with Crippen molar-refractivity contribution < 1.29 is 9.53 Å². The van der Waals surface area contributed by atoms with Crippen LogP contribution in [0, 0.1) is 0 Å². The second kappa shape index (κ2) is 7.97. The van der Waals surface area contributed by atoms with E-state index in [-0.39, 0.29) is 18.2 Å². The maximum atomic E-state index is 12.8. The number of amides is 1. The van der Waals surface area contributed by atoms with Gasteiger partial charge in [0.1, 0.15) is 11.4 Å². The highest BCUT2D eigenvalue weighted by atomic mass is 16.6. The Bertz CT molecular complexity index is 548. The monoisotopic (exact) mass is 333 g/mol. The number of carbonyl (C=O) groups excluding carboxylic acids is 1. The van der Waals surface area contributed by atoms with Gasteiger partial charge in [0.25, 0.3) is 0 Å². The number of pyridine rings is 1. The Kier molecular flexibility index (Phi) is 6.21. The summed E-state index contributed by atoms with van der Waals surface area (Å²) in [5.74, 6) is 0.723. The van der Waals surface area contributed by atoms with Gasteiger partial charge < -0.3 is 10.1 Å². The Hall–Kier alpha value is -1.62. The van der Waals surface area contributed by atoms with Gasteiger partial charge in [-0.3, -0.25) is 4.90 Å². The van der Waals surface area contributed by atoms with Crippen LogP contribution in [-0.2, 0) is 4.74 Å². The van der Waals surface area contributed by atoms with Crippen LogP contribution in [-0.4, -0.2) is 29.3 Å². The van der Waals surface area contributed by atoms with Crippen molar-refractivity contribution in [1.82, 2.24) is 10.3 Å². The molecule has 1 aromatic rings. The van der Waals surface area contributed by atoms with Gasteiger partial charge in [0.05, 0.1) is 0 Å². The molecule has 2 rings (SSSR count). The molecule has 1 N–H and O–H groups in total. The maximum absolute atomic E-state index is 12.8. The molecule has 1 amide bonds. The SMILES string of the molecule is CC[C@@H](C)N(C(=O)OC(C)(C)C)c1ncccc1[C@H]1CCCCN1. The molecule has 1 aliphatic rings. The second-order valence-electron chi connectivity index (χ2n) is 7.53. The number of hydrogen-bond acceptors (Lipinski definition) is 4. The normalized spacial score (nSPS) is 19.6. The van der Waals surface area contributed by atoms with Gasteiger partial charge in [0.2, 0.25) is 0 Å². The molecule has 1 aromatic heterocycles. The average molecular weight is 333 g/mol. The lowest BCUT2D eigenvalue weighted by molar-refractivity contribution is 0.0565. The van der Waals surface area contributed by atoms with Crippen LogP contribution in [0.4, 0.5) is 10.6 Å². The van der Waals surface area contributed by atoms with E-state index >= 15 is 0 Å². The summed E-state index contributed by atoms with van der Waals surface area (Å²) in [6.07, 6.45) is 5.73. The highest BCUT2D eigenvalue weighted by Gasteiger charge is 2.31. The topological polar surface area (TPSA) is 54.5 Å². The number of rotatable bonds is 4. The molecule has 134 valence electrons. The summed E-state index contributed by atoms with van der Waals surface area (Å²) >= 11 is 0. The van der Waals surface area contributed by atoms with Crippen LogP contribution >= 0.6 is 0 Å². The van der Waals surface area contributed by atoms with Gasteiger partial charge in [0, 0.05) is 23.8 Å². The number of anilines is 1. The van der Waals surface area contributed by atoms with E-state index in [1.807, 2.05) is 33.8 Å². The van der Waals surface area contributed by atoms with Crippen LogP contribution in [0.5, 0.6) is 0 Å². The van der Waals surface area contributed by atoms with Crippen molar-refractivity contribution in [2.45, 2.75) is 78.0 Å². The van der Waals surface area contributed by atoms with Crippen molar-refractivity contribution in [3.05, 3.63) is 23.9 Å². The highest BCUT2D eigenvalue weighted by molar-refractivity contribution is 5.88. The molecule has 5 heteroatoms. The molecule has 1 fully saturated rings. The zero-order chi connectivity index (χ0) is 17.7. The highest BCUT2D eigenvalue weighted by Crippen LogP contribution is 2.31. The van der Waals surface area contributed by atoms with Crippen LogP contribution in [0.2, 0.25) is 0 Å². The van der Waals surface area contributed by atoms with Crippen molar-refractivity contribution >= 4 is 11.9 Å². The number of ether oxygens (including phenoxy) is 1. The Morgan fingerprint density at radius 3 is 2.79 bits per heavy atom. The average Bonchev–Trinajstić information content (AvgIpc) is 2.54. The third-order valence-electron chi connectivity index (χ3n) is 4.35. The molecule has 0 radical (unpaired) electrons. The predicted octanol–water partition coefficient (Wildman–Crippen LogP) is 4.44. The van der Waals surface area contributed by atoms with Gasteiger partial charge in [-0.25, -0.2) is 9.78 Å². The van der Waals surface area contributed by atoms with Crippen molar-refractivity contribution in [2.75, 3.05) is 11.4 Å². The molecule has 0 bridgehead atoms. The quantitative estimate of drug-likeness (QED) is 0.885. The maximum Gasteiger partial charge on any atom is 0.416 e. The van der Waals surface area contributed by atoms with E-state index in [4.69, 9.17) is 4.74 Å². The van der Waals surface area contributed by atoms with Crippen molar-refractivity contribution in [3.8, 4) is 0 Å². The number of hydrogen-bond donors (Lipinski definition) is 1. The Labute approximate surface area is 145 Å². The molecule has 0 aliphatic carbocycles. The molecule has 2 heterocycles. The minimum Gasteiger partial charge on any atom is -0.443 e. The van der Waals surface area contributed by atoms with Gasteiger partial charge >= 0.3 is 6.09 Å². The first kappa shape index (κ1) is 18.7. The molecule has 1 saturated heterocycles. The second-order valence-corrected chi connectivity index (χ2v) is 7.53. The lowest BCUT2D eigenvalue weighted by Crippen LogP contribution is -2.43. The predicted molar refractivity (Wildman–Crippen MR) is 97.3 cm³/mol. The molecular weight excluding hydrogens is 302 g/mol. The van der Waals surface area contributed by atoms with E-state index in [0.29, 0.717) is 0 Å². The number of nitrogens with zero attached hydrogens (tertiary/aromatic N) is 2. The van der Waals surface area contributed by atoms with Crippen molar-refractivity contribution in [3.63, 3.8) is 0 Å². The fraction of sp³-hybridized carbons (Fsp3) is 0.684. The molecule has 0 spiro atoms. The first-order valence-corrected chi connectivity index (χ1v) is 9.04. The first-order valence-electron chi connectivity index (χ1n) is 9.04. The molecule has 1 aliphatic heterocycles. The number of aromatic nitrogens is 1. The lowest BCUT2D eigenvalue weighted by atomic mass is 9.97. The summed E-state index contributed by atoms with van der Waals surface area (Å²) in [5.41, 5.74) is 0.559. The summed E-state index contributed by atoms with van der Waals surface area (Å²) in [7, 11) is 0. The third-order valence-corrected chi connectivity index (χ3v) is 4.35. The van der Waals surface area contributed by atoms with E-state index in [0.717, 1.165) is 30.8 Å². The standard InChI is InChI=1S/C19H31N3O2/c1-6-14(2)22(18(23)24-19(3,4)5)17-15(10-9-13-21-17)16-11-7-8-12-20-16/h9-10,13-14,16,20H,6-8,11-12H2,1-5H3/t14-,16-/m1/s1. The largest absolute Gasteiger partial charge is 0.443 e. The van der Waals surface area contributed by atoms with Crippen molar-refractivity contribution in [1.29, 1.82) is 0 Å². The molecule has 0 saturated carbocycles. The first-order chi connectivity index (χ1) is 11.3. The summed E-state index contributed by atoms with van der Waals surface area (Å²) in [4.78, 5) is 19.1.